The molecule has 0 spiro atoms. The van der Waals surface area contributed by atoms with Crippen LogP contribution in [0.15, 0.2) is 58.0 Å². The topological polar surface area (TPSA) is 43.7 Å². The molecule has 0 saturated carbocycles. The first-order valence-electron chi connectivity index (χ1n) is 8.87. The van der Waals surface area contributed by atoms with Crippen molar-refractivity contribution in [2.24, 2.45) is 0 Å². The Morgan fingerprint density at radius 2 is 1.81 bits per heavy atom. The molecule has 27 heavy (non-hydrogen) atoms. The molecule has 142 valence electrons. The Hall–Kier alpha value is -1.67. The van der Waals surface area contributed by atoms with Crippen LogP contribution in [-0.2, 0) is 11.4 Å². The highest BCUT2D eigenvalue weighted by Gasteiger charge is 2.23. The molecule has 1 atom stereocenters. The number of piperazine rings is 1. The average Bonchev–Trinajstić information content (AvgIpc) is 3.10. The van der Waals surface area contributed by atoms with Crippen LogP contribution in [0.1, 0.15) is 0 Å². The lowest BCUT2D eigenvalue weighted by Crippen LogP contribution is -2.44. The largest absolute Gasteiger partial charge is 0.587 e. The Labute approximate surface area is 171 Å². The third-order valence-corrected chi connectivity index (χ3v) is 6.82. The Morgan fingerprint density at radius 3 is 2.56 bits per heavy atom. The quantitative estimate of drug-likeness (QED) is 0.571. The van der Waals surface area contributed by atoms with Crippen molar-refractivity contribution in [3.8, 4) is 5.75 Å². The lowest BCUT2D eigenvalue weighted by molar-refractivity contribution is 0.311. The molecule has 1 saturated heterocycles. The van der Waals surface area contributed by atoms with Crippen LogP contribution >= 0.6 is 15.9 Å². The van der Waals surface area contributed by atoms with Gasteiger partial charge in [0.05, 0.1) is 24.5 Å². The van der Waals surface area contributed by atoms with Crippen LogP contribution in [0, 0.1) is 0 Å². The van der Waals surface area contributed by atoms with Crippen LogP contribution in [0.4, 0.5) is 5.69 Å². The first kappa shape index (κ1) is 18.7. The molecule has 1 aliphatic heterocycles. The predicted octanol–water partition coefficient (Wildman–Crippen LogP) is 3.74. The second-order valence-corrected chi connectivity index (χ2v) is 9.00. The van der Waals surface area contributed by atoms with Crippen molar-refractivity contribution >= 4 is 43.9 Å². The number of hydrogen-bond donors (Lipinski definition) is 0. The standard InChI is InChI=1S/C20H22BrN3O2S/c1-22-9-11-23(12-10-22)19-14-17(5-6-20(19)26-2)27(25)24-8-7-15-3-4-16(21)13-18(15)24/h3-8,13-14H,9-12H2,1-2H3. The summed E-state index contributed by atoms with van der Waals surface area (Å²) in [7, 11) is 3.82. The first-order valence-corrected chi connectivity index (χ1v) is 10.8. The summed E-state index contributed by atoms with van der Waals surface area (Å²) in [5.74, 6) is 0.820. The van der Waals surface area contributed by atoms with Gasteiger partial charge in [0.2, 0.25) is 0 Å². The Bertz CT molecular complexity index is 954. The second kappa shape index (κ2) is 7.75. The maximum Gasteiger partial charge on any atom is 0.182 e. The van der Waals surface area contributed by atoms with Crippen molar-refractivity contribution in [1.29, 1.82) is 0 Å². The summed E-state index contributed by atoms with van der Waals surface area (Å²) in [6, 6.07) is 13.8. The smallest absolute Gasteiger partial charge is 0.182 e. The van der Waals surface area contributed by atoms with E-state index in [0.717, 1.165) is 57.9 Å². The molecule has 4 rings (SSSR count). The van der Waals surface area contributed by atoms with Gasteiger partial charge in [-0.15, -0.1) is 0 Å². The highest BCUT2D eigenvalue weighted by molar-refractivity contribution is 9.10. The molecule has 2 heterocycles. The fraction of sp³-hybridized carbons (Fsp3) is 0.300. The van der Waals surface area contributed by atoms with E-state index in [0.29, 0.717) is 0 Å². The molecule has 1 fully saturated rings. The third kappa shape index (κ3) is 3.69. The summed E-state index contributed by atoms with van der Waals surface area (Å²) < 4.78 is 21.7. The van der Waals surface area contributed by atoms with E-state index in [-0.39, 0.29) is 0 Å². The molecule has 1 unspecified atom stereocenters. The number of rotatable bonds is 4. The van der Waals surface area contributed by atoms with Gasteiger partial charge in [-0.2, -0.15) is 3.97 Å². The van der Waals surface area contributed by atoms with Crippen molar-refractivity contribution in [1.82, 2.24) is 8.87 Å². The molecule has 1 aliphatic rings. The molecule has 7 heteroatoms. The molecule has 0 N–H and O–H groups in total. The number of benzene rings is 2. The highest BCUT2D eigenvalue weighted by Crippen LogP contribution is 2.33. The molecule has 2 aromatic carbocycles. The van der Waals surface area contributed by atoms with E-state index in [1.54, 1.807) is 7.11 Å². The van der Waals surface area contributed by atoms with Crippen molar-refractivity contribution in [2.75, 3.05) is 45.2 Å². The summed E-state index contributed by atoms with van der Waals surface area (Å²) in [6.45, 7) is 3.88. The number of likely N-dealkylation sites (N-methyl/N-ethyl adjacent to an activating group) is 1. The molecule has 0 amide bonds. The maximum atomic E-state index is 13.3. The van der Waals surface area contributed by atoms with E-state index >= 15 is 0 Å². The molecule has 0 aliphatic carbocycles. The Balaban J connectivity index is 1.70. The van der Waals surface area contributed by atoms with Crippen LogP contribution in [-0.4, -0.2) is 53.8 Å². The van der Waals surface area contributed by atoms with Crippen molar-refractivity contribution in [3.63, 3.8) is 0 Å². The van der Waals surface area contributed by atoms with Gasteiger partial charge in [-0.05, 0) is 37.4 Å². The van der Waals surface area contributed by atoms with Crippen molar-refractivity contribution < 1.29 is 9.29 Å². The van der Waals surface area contributed by atoms with Crippen LogP contribution < -0.4 is 9.64 Å². The van der Waals surface area contributed by atoms with Gasteiger partial charge in [0, 0.05) is 42.1 Å². The summed E-state index contributed by atoms with van der Waals surface area (Å²) in [4.78, 5) is 5.39. The number of methoxy groups -OCH3 is 1. The molecular weight excluding hydrogens is 426 g/mol. The summed E-state index contributed by atoms with van der Waals surface area (Å²) >= 11 is 2.18. The van der Waals surface area contributed by atoms with Gasteiger partial charge < -0.3 is 19.1 Å². The zero-order valence-corrected chi connectivity index (χ0v) is 17.8. The fourth-order valence-electron chi connectivity index (χ4n) is 3.41. The number of ether oxygens (including phenoxy) is 1. The number of nitrogens with zero attached hydrogens (tertiary/aromatic N) is 3. The van der Waals surface area contributed by atoms with Gasteiger partial charge >= 0.3 is 0 Å². The van der Waals surface area contributed by atoms with Crippen LogP contribution in [0.5, 0.6) is 5.75 Å². The zero-order chi connectivity index (χ0) is 19.0. The number of fused-ring (bicyclic) bond motifs is 1. The number of halogens is 1. The minimum Gasteiger partial charge on any atom is -0.587 e. The summed E-state index contributed by atoms with van der Waals surface area (Å²) in [5.41, 5.74) is 1.95. The third-order valence-electron chi connectivity index (χ3n) is 4.99. The van der Waals surface area contributed by atoms with E-state index in [9.17, 15) is 4.55 Å². The number of anilines is 1. The molecular formula is C20H22BrN3O2S. The van der Waals surface area contributed by atoms with Gasteiger partial charge in [-0.3, -0.25) is 0 Å². The van der Waals surface area contributed by atoms with E-state index in [2.05, 4.69) is 32.8 Å². The fourth-order valence-corrected chi connectivity index (χ4v) is 4.89. The van der Waals surface area contributed by atoms with E-state index < -0.39 is 11.4 Å². The molecule has 3 aromatic rings. The molecule has 5 nitrogen and oxygen atoms in total. The van der Waals surface area contributed by atoms with Crippen LogP contribution in [0.3, 0.4) is 0 Å². The Morgan fingerprint density at radius 1 is 1.04 bits per heavy atom. The van der Waals surface area contributed by atoms with Crippen molar-refractivity contribution in [2.45, 2.75) is 4.90 Å². The average molecular weight is 448 g/mol. The highest BCUT2D eigenvalue weighted by atomic mass is 79.9. The minimum absolute atomic E-state index is 0.766. The predicted molar refractivity (Wildman–Crippen MR) is 114 cm³/mol. The second-order valence-electron chi connectivity index (χ2n) is 6.72. The minimum atomic E-state index is -1.33. The lowest BCUT2D eigenvalue weighted by Gasteiger charge is -2.34. The monoisotopic (exact) mass is 447 g/mol. The van der Waals surface area contributed by atoms with Gasteiger partial charge in [0.25, 0.3) is 0 Å². The SMILES string of the molecule is COc1ccc([S+]([O-])n2ccc3ccc(Br)cc32)cc1N1CCN(C)CC1. The van der Waals surface area contributed by atoms with E-state index in [1.807, 2.05) is 52.6 Å². The number of hydrogen-bond acceptors (Lipinski definition) is 4. The number of aromatic nitrogens is 1. The van der Waals surface area contributed by atoms with Crippen molar-refractivity contribution in [3.05, 3.63) is 53.1 Å². The van der Waals surface area contributed by atoms with E-state index in [1.165, 1.54) is 0 Å². The normalized spacial score (nSPS) is 16.7. The lowest BCUT2D eigenvalue weighted by atomic mass is 10.2. The summed E-state index contributed by atoms with van der Waals surface area (Å²) in [5, 5.41) is 1.07. The van der Waals surface area contributed by atoms with Crippen LogP contribution in [0.25, 0.3) is 10.9 Å². The van der Waals surface area contributed by atoms with Gasteiger partial charge in [0.1, 0.15) is 17.1 Å². The maximum absolute atomic E-state index is 13.3. The molecule has 0 bridgehead atoms. The van der Waals surface area contributed by atoms with Gasteiger partial charge in [0.15, 0.2) is 4.90 Å². The Kier molecular flexibility index (Phi) is 5.36. The van der Waals surface area contributed by atoms with E-state index in [4.69, 9.17) is 4.74 Å². The van der Waals surface area contributed by atoms with Gasteiger partial charge in [-0.25, -0.2) is 0 Å². The molecule has 0 radical (unpaired) electrons. The van der Waals surface area contributed by atoms with Crippen LogP contribution in [0.2, 0.25) is 0 Å². The molecule has 1 aromatic heterocycles. The van der Waals surface area contributed by atoms with Gasteiger partial charge in [-0.1, -0.05) is 22.0 Å². The zero-order valence-electron chi connectivity index (χ0n) is 15.4. The first-order chi connectivity index (χ1) is 13.1. The summed E-state index contributed by atoms with van der Waals surface area (Å²) in [6.07, 6.45) is 1.88.